The van der Waals surface area contributed by atoms with Crippen molar-refractivity contribution in [1.82, 2.24) is 5.32 Å². The standard InChI is InChI=1S/C17H22N2O4S2/c1-17(2,3)18-15(20)12-23-14-9-7-13(8-10-14)19(4)25(21,22)16-6-5-11-24-16/h5-11H,12H2,1-4H3,(H,18,20). The molecular formula is C17H22N2O4S2. The molecule has 2 aromatic rings. The summed E-state index contributed by atoms with van der Waals surface area (Å²) in [5.41, 5.74) is 0.197. The van der Waals surface area contributed by atoms with Gasteiger partial charge < -0.3 is 10.1 Å². The second kappa shape index (κ2) is 7.45. The van der Waals surface area contributed by atoms with Crippen LogP contribution in [0.25, 0.3) is 0 Å². The number of benzene rings is 1. The van der Waals surface area contributed by atoms with E-state index in [9.17, 15) is 13.2 Å². The highest BCUT2D eigenvalue weighted by atomic mass is 32.2. The van der Waals surface area contributed by atoms with Crippen LogP contribution in [-0.4, -0.2) is 33.5 Å². The molecule has 0 saturated carbocycles. The molecule has 0 bridgehead atoms. The maximum atomic E-state index is 12.5. The van der Waals surface area contributed by atoms with Crippen LogP contribution in [0.1, 0.15) is 20.8 Å². The number of nitrogens with zero attached hydrogens (tertiary/aromatic N) is 1. The smallest absolute Gasteiger partial charge is 0.273 e. The largest absolute Gasteiger partial charge is 0.484 e. The van der Waals surface area contributed by atoms with E-state index in [4.69, 9.17) is 4.74 Å². The third kappa shape index (κ3) is 5.20. The van der Waals surface area contributed by atoms with Crippen molar-refractivity contribution in [2.75, 3.05) is 18.0 Å². The molecule has 0 spiro atoms. The quantitative estimate of drug-likeness (QED) is 0.833. The first kappa shape index (κ1) is 19.3. The van der Waals surface area contributed by atoms with E-state index < -0.39 is 10.0 Å². The summed E-state index contributed by atoms with van der Waals surface area (Å²) in [6.07, 6.45) is 0. The van der Waals surface area contributed by atoms with Gasteiger partial charge in [0, 0.05) is 12.6 Å². The SMILES string of the molecule is CN(c1ccc(OCC(=O)NC(C)(C)C)cc1)S(=O)(=O)c1cccs1. The molecule has 6 nitrogen and oxygen atoms in total. The number of sulfonamides is 1. The summed E-state index contributed by atoms with van der Waals surface area (Å²) in [6, 6.07) is 9.83. The lowest BCUT2D eigenvalue weighted by Crippen LogP contribution is -2.43. The minimum absolute atomic E-state index is 0.0973. The van der Waals surface area contributed by atoms with Gasteiger partial charge in [0.05, 0.1) is 5.69 Å². The van der Waals surface area contributed by atoms with Gasteiger partial charge in [-0.25, -0.2) is 8.42 Å². The first-order valence-electron chi connectivity index (χ1n) is 7.66. The van der Waals surface area contributed by atoms with Gasteiger partial charge in [-0.3, -0.25) is 9.10 Å². The van der Waals surface area contributed by atoms with Crippen LogP contribution in [0.4, 0.5) is 5.69 Å². The van der Waals surface area contributed by atoms with Gasteiger partial charge in [0.2, 0.25) is 0 Å². The van der Waals surface area contributed by atoms with E-state index in [1.807, 2.05) is 20.8 Å². The predicted octanol–water partition coefficient (Wildman–Crippen LogP) is 2.87. The zero-order valence-electron chi connectivity index (χ0n) is 14.6. The summed E-state index contributed by atoms with van der Waals surface area (Å²) in [5, 5.41) is 4.53. The van der Waals surface area contributed by atoms with E-state index in [-0.39, 0.29) is 22.3 Å². The first-order chi connectivity index (χ1) is 11.6. The number of hydrogen-bond donors (Lipinski definition) is 1. The second-order valence-corrected chi connectivity index (χ2v) is 9.63. The fourth-order valence-corrected chi connectivity index (χ4v) is 4.40. The Labute approximate surface area is 152 Å². The van der Waals surface area contributed by atoms with Gasteiger partial charge in [0.25, 0.3) is 15.9 Å². The summed E-state index contributed by atoms with van der Waals surface area (Å²) < 4.78 is 31.9. The van der Waals surface area contributed by atoms with Crippen molar-refractivity contribution in [1.29, 1.82) is 0 Å². The lowest BCUT2D eigenvalue weighted by atomic mass is 10.1. The van der Waals surface area contributed by atoms with E-state index in [1.54, 1.807) is 41.8 Å². The van der Waals surface area contributed by atoms with Crippen molar-refractivity contribution in [3.8, 4) is 5.75 Å². The highest BCUT2D eigenvalue weighted by Gasteiger charge is 2.22. The summed E-state index contributed by atoms with van der Waals surface area (Å²) >= 11 is 1.17. The second-order valence-electron chi connectivity index (χ2n) is 6.49. The number of anilines is 1. The van der Waals surface area contributed by atoms with Gasteiger partial charge in [0.1, 0.15) is 9.96 Å². The highest BCUT2D eigenvalue weighted by molar-refractivity contribution is 7.94. The Morgan fingerprint density at radius 3 is 2.36 bits per heavy atom. The number of nitrogens with one attached hydrogen (secondary N) is 1. The number of amides is 1. The average molecular weight is 383 g/mol. The van der Waals surface area contributed by atoms with E-state index in [0.717, 1.165) is 0 Å². The van der Waals surface area contributed by atoms with E-state index in [2.05, 4.69) is 5.32 Å². The van der Waals surface area contributed by atoms with E-state index >= 15 is 0 Å². The van der Waals surface area contributed by atoms with Crippen molar-refractivity contribution in [3.05, 3.63) is 41.8 Å². The van der Waals surface area contributed by atoms with Crippen molar-refractivity contribution < 1.29 is 17.9 Å². The Balaban J connectivity index is 2.01. The van der Waals surface area contributed by atoms with Crippen molar-refractivity contribution in [2.24, 2.45) is 0 Å². The molecule has 8 heteroatoms. The number of thiophene rings is 1. The Kier molecular flexibility index (Phi) is 5.74. The molecular weight excluding hydrogens is 360 g/mol. The topological polar surface area (TPSA) is 75.7 Å². The lowest BCUT2D eigenvalue weighted by Gasteiger charge is -2.21. The third-order valence-corrected chi connectivity index (χ3v) is 6.35. The van der Waals surface area contributed by atoms with Gasteiger partial charge in [-0.05, 0) is 56.5 Å². The molecule has 0 unspecified atom stereocenters. The minimum Gasteiger partial charge on any atom is -0.484 e. The maximum absolute atomic E-state index is 12.5. The molecule has 2 rings (SSSR count). The molecule has 0 saturated heterocycles. The maximum Gasteiger partial charge on any atom is 0.273 e. The van der Waals surface area contributed by atoms with Crippen LogP contribution in [0.3, 0.4) is 0 Å². The molecule has 0 aliphatic rings. The number of hydrogen-bond acceptors (Lipinski definition) is 5. The predicted molar refractivity (Wildman–Crippen MR) is 99.7 cm³/mol. The number of rotatable bonds is 6. The molecule has 0 fully saturated rings. The number of carbonyl (C=O) groups is 1. The molecule has 1 amide bonds. The molecule has 1 aromatic heterocycles. The molecule has 0 aliphatic heterocycles. The Hall–Kier alpha value is -2.06. The summed E-state index contributed by atoms with van der Waals surface area (Å²) in [6.45, 7) is 5.58. The molecule has 0 atom stereocenters. The van der Waals surface area contributed by atoms with Crippen molar-refractivity contribution in [3.63, 3.8) is 0 Å². The third-order valence-electron chi connectivity index (χ3n) is 3.19. The summed E-state index contributed by atoms with van der Waals surface area (Å²) in [5.74, 6) is 0.281. The number of ether oxygens (including phenoxy) is 1. The summed E-state index contributed by atoms with van der Waals surface area (Å²) in [4.78, 5) is 11.7. The van der Waals surface area contributed by atoms with Crippen LogP contribution in [0.15, 0.2) is 46.0 Å². The summed E-state index contributed by atoms with van der Waals surface area (Å²) in [7, 11) is -2.06. The molecule has 1 heterocycles. The van der Waals surface area contributed by atoms with Crippen LogP contribution in [0.2, 0.25) is 0 Å². The van der Waals surface area contributed by atoms with Gasteiger partial charge in [-0.1, -0.05) is 6.07 Å². The van der Waals surface area contributed by atoms with Gasteiger partial charge in [-0.15, -0.1) is 11.3 Å². The van der Waals surface area contributed by atoms with Crippen LogP contribution >= 0.6 is 11.3 Å². The minimum atomic E-state index is -3.56. The molecule has 25 heavy (non-hydrogen) atoms. The van der Waals surface area contributed by atoms with Gasteiger partial charge in [-0.2, -0.15) is 0 Å². The Bertz CT molecular complexity index is 807. The molecule has 0 aliphatic carbocycles. The normalized spacial score (nSPS) is 11.8. The first-order valence-corrected chi connectivity index (χ1v) is 9.98. The molecule has 136 valence electrons. The zero-order chi connectivity index (χ0) is 18.7. The van der Waals surface area contributed by atoms with E-state index in [1.165, 1.54) is 22.7 Å². The van der Waals surface area contributed by atoms with E-state index in [0.29, 0.717) is 11.4 Å². The molecule has 1 N–H and O–H groups in total. The molecule has 1 aromatic carbocycles. The van der Waals surface area contributed by atoms with Gasteiger partial charge >= 0.3 is 0 Å². The van der Waals surface area contributed by atoms with Crippen molar-refractivity contribution in [2.45, 2.75) is 30.5 Å². The fraction of sp³-hybridized carbons (Fsp3) is 0.353. The van der Waals surface area contributed by atoms with Crippen LogP contribution in [0.5, 0.6) is 5.75 Å². The van der Waals surface area contributed by atoms with Crippen LogP contribution in [-0.2, 0) is 14.8 Å². The zero-order valence-corrected chi connectivity index (χ0v) is 16.3. The monoisotopic (exact) mass is 382 g/mol. The Morgan fingerprint density at radius 2 is 1.84 bits per heavy atom. The van der Waals surface area contributed by atoms with Crippen LogP contribution < -0.4 is 14.4 Å². The average Bonchev–Trinajstić information content (AvgIpc) is 3.06. The van der Waals surface area contributed by atoms with Crippen LogP contribution in [0, 0.1) is 0 Å². The number of carbonyl (C=O) groups excluding carboxylic acids is 1. The van der Waals surface area contributed by atoms with Crippen molar-refractivity contribution >= 4 is 33.0 Å². The lowest BCUT2D eigenvalue weighted by molar-refractivity contribution is -0.124. The van der Waals surface area contributed by atoms with Gasteiger partial charge in [0.15, 0.2) is 6.61 Å². The fourth-order valence-electron chi connectivity index (χ4n) is 2.04. The Morgan fingerprint density at radius 1 is 1.20 bits per heavy atom. The highest BCUT2D eigenvalue weighted by Crippen LogP contribution is 2.26. The molecule has 0 radical (unpaired) electrons.